The SMILES string of the molecule is O=C(O)C1(c2c3c(c(Br)c4c2OCCC4)OCCC3)CCC1. The molecule has 1 saturated carbocycles. The van der Waals surface area contributed by atoms with E-state index in [0.29, 0.717) is 26.1 Å². The Hall–Kier alpha value is -1.23. The molecule has 0 aromatic heterocycles. The first-order chi connectivity index (χ1) is 10.6. The van der Waals surface area contributed by atoms with E-state index in [4.69, 9.17) is 9.47 Å². The maximum Gasteiger partial charge on any atom is 0.314 e. The maximum atomic E-state index is 12.1. The van der Waals surface area contributed by atoms with Gasteiger partial charge in [-0.2, -0.15) is 0 Å². The van der Waals surface area contributed by atoms with Gasteiger partial charge in [-0.1, -0.05) is 6.42 Å². The zero-order valence-corrected chi connectivity index (χ0v) is 14.0. The van der Waals surface area contributed by atoms with Crippen LogP contribution in [0, 0.1) is 0 Å². The van der Waals surface area contributed by atoms with Crippen molar-refractivity contribution in [3.05, 3.63) is 21.2 Å². The quantitative estimate of drug-likeness (QED) is 0.868. The first-order valence-corrected chi connectivity index (χ1v) is 8.81. The molecular formula is C17H19BrO4. The topological polar surface area (TPSA) is 55.8 Å². The van der Waals surface area contributed by atoms with E-state index in [1.807, 2.05) is 0 Å². The largest absolute Gasteiger partial charge is 0.493 e. The maximum absolute atomic E-state index is 12.1. The van der Waals surface area contributed by atoms with Crippen LogP contribution in [-0.4, -0.2) is 24.3 Å². The summed E-state index contributed by atoms with van der Waals surface area (Å²) in [5.74, 6) is 0.965. The summed E-state index contributed by atoms with van der Waals surface area (Å²) in [6.07, 6.45) is 6.04. The predicted molar refractivity (Wildman–Crippen MR) is 84.9 cm³/mol. The van der Waals surface area contributed by atoms with Crippen LogP contribution >= 0.6 is 15.9 Å². The number of halogens is 1. The number of hydrogen-bond donors (Lipinski definition) is 1. The Morgan fingerprint density at radius 2 is 1.64 bits per heavy atom. The molecule has 5 heteroatoms. The van der Waals surface area contributed by atoms with Crippen molar-refractivity contribution >= 4 is 21.9 Å². The molecule has 118 valence electrons. The molecule has 22 heavy (non-hydrogen) atoms. The van der Waals surface area contributed by atoms with Crippen molar-refractivity contribution in [1.82, 2.24) is 0 Å². The Kier molecular flexibility index (Phi) is 3.36. The zero-order valence-electron chi connectivity index (χ0n) is 12.4. The second-order valence-corrected chi connectivity index (χ2v) is 7.24. The lowest BCUT2D eigenvalue weighted by molar-refractivity contribution is -0.147. The number of ether oxygens (including phenoxy) is 2. The number of hydrogen-bond acceptors (Lipinski definition) is 3. The van der Waals surface area contributed by atoms with E-state index < -0.39 is 11.4 Å². The van der Waals surface area contributed by atoms with Gasteiger partial charge < -0.3 is 14.6 Å². The molecule has 1 N–H and O–H groups in total. The van der Waals surface area contributed by atoms with Crippen molar-refractivity contribution < 1.29 is 19.4 Å². The third kappa shape index (κ3) is 1.84. The second kappa shape index (κ2) is 5.15. The number of benzene rings is 1. The van der Waals surface area contributed by atoms with Gasteiger partial charge in [0.2, 0.25) is 0 Å². The van der Waals surface area contributed by atoms with Crippen molar-refractivity contribution in [2.75, 3.05) is 13.2 Å². The van der Waals surface area contributed by atoms with Crippen LogP contribution in [0.4, 0.5) is 0 Å². The molecule has 0 saturated heterocycles. The van der Waals surface area contributed by atoms with Crippen molar-refractivity contribution in [3.8, 4) is 11.5 Å². The van der Waals surface area contributed by atoms with Crippen LogP contribution in [-0.2, 0) is 23.1 Å². The second-order valence-electron chi connectivity index (χ2n) is 6.45. The lowest BCUT2D eigenvalue weighted by atomic mass is 9.62. The lowest BCUT2D eigenvalue weighted by Gasteiger charge is -2.42. The fourth-order valence-corrected chi connectivity index (χ4v) is 4.73. The third-order valence-electron chi connectivity index (χ3n) is 5.27. The Balaban J connectivity index is 2.02. The monoisotopic (exact) mass is 366 g/mol. The molecule has 1 aromatic rings. The van der Waals surface area contributed by atoms with Gasteiger partial charge in [0, 0.05) is 16.7 Å². The Labute approximate surface area is 137 Å². The molecule has 4 rings (SSSR count). The highest BCUT2D eigenvalue weighted by Gasteiger charge is 2.51. The van der Waals surface area contributed by atoms with E-state index in [-0.39, 0.29) is 0 Å². The minimum atomic E-state index is -0.771. The summed E-state index contributed by atoms with van der Waals surface area (Å²) >= 11 is 3.68. The lowest BCUT2D eigenvalue weighted by Crippen LogP contribution is -2.44. The molecule has 2 heterocycles. The summed E-state index contributed by atoms with van der Waals surface area (Å²) in [6.45, 7) is 1.37. The molecule has 0 spiro atoms. The average molecular weight is 367 g/mol. The number of carboxylic acid groups (broad SMARTS) is 1. The molecule has 1 aromatic carbocycles. The summed E-state index contributed by atoms with van der Waals surface area (Å²) in [5, 5.41) is 9.90. The molecule has 0 amide bonds. The van der Waals surface area contributed by atoms with Gasteiger partial charge in [0.1, 0.15) is 11.5 Å². The van der Waals surface area contributed by atoms with Gasteiger partial charge in [0.15, 0.2) is 0 Å². The average Bonchev–Trinajstić information content (AvgIpc) is 2.49. The van der Waals surface area contributed by atoms with Crippen LogP contribution < -0.4 is 9.47 Å². The minimum absolute atomic E-state index is 0.668. The van der Waals surface area contributed by atoms with Gasteiger partial charge in [-0.05, 0) is 54.5 Å². The fraction of sp³-hybridized carbons (Fsp3) is 0.588. The van der Waals surface area contributed by atoms with E-state index in [2.05, 4.69) is 15.9 Å². The molecule has 0 unspecified atom stereocenters. The molecule has 1 fully saturated rings. The number of fused-ring (bicyclic) bond motifs is 2. The van der Waals surface area contributed by atoms with Crippen molar-refractivity contribution in [3.63, 3.8) is 0 Å². The predicted octanol–water partition coefficient (Wildman–Crippen LogP) is 3.61. The van der Waals surface area contributed by atoms with Gasteiger partial charge >= 0.3 is 5.97 Å². The summed E-state index contributed by atoms with van der Waals surface area (Å²) in [7, 11) is 0. The van der Waals surface area contributed by atoms with Crippen LogP contribution in [0.15, 0.2) is 4.47 Å². The van der Waals surface area contributed by atoms with Crippen LogP contribution in [0.5, 0.6) is 11.5 Å². The first kappa shape index (κ1) is 14.4. The van der Waals surface area contributed by atoms with Crippen LogP contribution in [0.1, 0.15) is 48.8 Å². The van der Waals surface area contributed by atoms with E-state index in [0.717, 1.165) is 64.8 Å². The van der Waals surface area contributed by atoms with E-state index in [1.165, 1.54) is 0 Å². The van der Waals surface area contributed by atoms with E-state index in [9.17, 15) is 9.90 Å². The minimum Gasteiger partial charge on any atom is -0.493 e. The first-order valence-electron chi connectivity index (χ1n) is 8.02. The fourth-order valence-electron chi connectivity index (χ4n) is 4.00. The Morgan fingerprint density at radius 3 is 2.23 bits per heavy atom. The van der Waals surface area contributed by atoms with Gasteiger partial charge in [-0.15, -0.1) is 0 Å². The Morgan fingerprint density at radius 1 is 1.00 bits per heavy atom. The Bertz CT molecular complexity index is 612. The number of carboxylic acids is 1. The van der Waals surface area contributed by atoms with Gasteiger partial charge in [-0.25, -0.2) is 0 Å². The molecular weight excluding hydrogens is 348 g/mol. The summed E-state index contributed by atoms with van der Waals surface area (Å²) in [4.78, 5) is 12.1. The van der Waals surface area contributed by atoms with Gasteiger partial charge in [-0.3, -0.25) is 4.79 Å². The number of aliphatic carboxylic acids is 1. The van der Waals surface area contributed by atoms with E-state index in [1.54, 1.807) is 0 Å². The van der Waals surface area contributed by atoms with Crippen LogP contribution in [0.25, 0.3) is 0 Å². The van der Waals surface area contributed by atoms with Crippen molar-refractivity contribution in [1.29, 1.82) is 0 Å². The normalized spacial score (nSPS) is 21.7. The number of rotatable bonds is 2. The molecule has 1 aliphatic carbocycles. The summed E-state index contributed by atoms with van der Waals surface area (Å²) in [5.41, 5.74) is 2.29. The molecule has 0 radical (unpaired) electrons. The van der Waals surface area contributed by atoms with Crippen molar-refractivity contribution in [2.24, 2.45) is 0 Å². The molecule has 0 atom stereocenters. The smallest absolute Gasteiger partial charge is 0.314 e. The van der Waals surface area contributed by atoms with Crippen molar-refractivity contribution in [2.45, 2.75) is 50.4 Å². The highest BCUT2D eigenvalue weighted by Crippen LogP contribution is 2.55. The molecule has 2 aliphatic heterocycles. The molecule has 3 aliphatic rings. The summed E-state index contributed by atoms with van der Waals surface area (Å²) < 4.78 is 12.9. The zero-order chi connectivity index (χ0) is 15.3. The van der Waals surface area contributed by atoms with Crippen LogP contribution in [0.3, 0.4) is 0 Å². The standard InChI is InChI=1S/C17H19BrO4/c18-13-11-5-2-8-21-14(11)12(10-4-1-9-22-15(10)13)17(16(19)20)6-3-7-17/h1-9H2,(H,19,20). The number of carbonyl (C=O) groups is 1. The van der Waals surface area contributed by atoms with E-state index >= 15 is 0 Å². The molecule has 0 bridgehead atoms. The molecule has 4 nitrogen and oxygen atoms in total. The van der Waals surface area contributed by atoms with Gasteiger partial charge in [0.25, 0.3) is 0 Å². The highest BCUT2D eigenvalue weighted by molar-refractivity contribution is 9.10. The third-order valence-corrected chi connectivity index (χ3v) is 6.11. The van der Waals surface area contributed by atoms with Crippen LogP contribution in [0.2, 0.25) is 0 Å². The van der Waals surface area contributed by atoms with Gasteiger partial charge in [0.05, 0.1) is 23.1 Å². The highest BCUT2D eigenvalue weighted by atomic mass is 79.9. The summed E-state index contributed by atoms with van der Waals surface area (Å²) in [6, 6.07) is 0.